The minimum atomic E-state index is -0.193. The lowest BCUT2D eigenvalue weighted by Gasteiger charge is -2.33. The van der Waals surface area contributed by atoms with E-state index in [1.54, 1.807) is 0 Å². The van der Waals surface area contributed by atoms with Gasteiger partial charge in [0.15, 0.2) is 0 Å². The predicted octanol–water partition coefficient (Wildman–Crippen LogP) is 6.40. The zero-order valence-electron chi connectivity index (χ0n) is 16.8. The number of ether oxygens (including phenoxy) is 2. The molecule has 3 rings (SSSR count). The van der Waals surface area contributed by atoms with Crippen molar-refractivity contribution in [2.24, 2.45) is 23.2 Å². The third-order valence-electron chi connectivity index (χ3n) is 6.36. The monoisotopic (exact) mass is 344 g/mol. The number of rotatable bonds is 7. The summed E-state index contributed by atoms with van der Waals surface area (Å²) >= 11 is 0. The van der Waals surface area contributed by atoms with E-state index < -0.39 is 0 Å². The third kappa shape index (κ3) is 4.58. The molecule has 2 bridgehead atoms. The third-order valence-corrected chi connectivity index (χ3v) is 6.36. The number of fused-ring (bicyclic) bond motifs is 2. The van der Waals surface area contributed by atoms with Crippen LogP contribution in [0.15, 0.2) is 24.3 Å². The van der Waals surface area contributed by atoms with Gasteiger partial charge in [-0.3, -0.25) is 0 Å². The van der Waals surface area contributed by atoms with Gasteiger partial charge in [0.1, 0.15) is 5.75 Å². The van der Waals surface area contributed by atoms with Crippen LogP contribution in [-0.2, 0) is 4.74 Å². The highest BCUT2D eigenvalue weighted by atomic mass is 16.7. The van der Waals surface area contributed by atoms with Crippen LogP contribution < -0.4 is 4.74 Å². The van der Waals surface area contributed by atoms with Crippen molar-refractivity contribution in [3.05, 3.63) is 29.8 Å². The van der Waals surface area contributed by atoms with Gasteiger partial charge in [0.2, 0.25) is 6.29 Å². The molecule has 2 nitrogen and oxygen atoms in total. The fourth-order valence-corrected chi connectivity index (χ4v) is 4.49. The lowest BCUT2D eigenvalue weighted by Crippen LogP contribution is -2.36. The van der Waals surface area contributed by atoms with Crippen molar-refractivity contribution >= 4 is 0 Å². The van der Waals surface area contributed by atoms with Gasteiger partial charge in [0, 0.05) is 5.41 Å². The number of benzene rings is 1. The van der Waals surface area contributed by atoms with Crippen molar-refractivity contribution in [2.75, 3.05) is 6.61 Å². The van der Waals surface area contributed by atoms with Gasteiger partial charge in [-0.15, -0.1) is 0 Å². The summed E-state index contributed by atoms with van der Waals surface area (Å²) in [7, 11) is 0. The normalized spacial score (nSPS) is 28.1. The highest BCUT2D eigenvalue weighted by Crippen LogP contribution is 2.48. The Morgan fingerprint density at radius 3 is 2.32 bits per heavy atom. The van der Waals surface area contributed by atoms with Crippen LogP contribution in [0.3, 0.4) is 0 Å². The number of hydrogen-bond acceptors (Lipinski definition) is 2. The van der Waals surface area contributed by atoms with Gasteiger partial charge in [-0.2, -0.15) is 0 Å². The first kappa shape index (κ1) is 18.8. The molecule has 2 aliphatic carbocycles. The van der Waals surface area contributed by atoms with E-state index in [-0.39, 0.29) is 11.7 Å². The Bertz CT molecular complexity index is 542. The summed E-state index contributed by atoms with van der Waals surface area (Å²) in [6.45, 7) is 12.0. The summed E-state index contributed by atoms with van der Waals surface area (Å²) in [5.41, 5.74) is 1.34. The van der Waals surface area contributed by atoms with Crippen molar-refractivity contribution < 1.29 is 9.47 Å². The Morgan fingerprint density at radius 1 is 1.08 bits per heavy atom. The van der Waals surface area contributed by atoms with Gasteiger partial charge in [-0.05, 0) is 67.1 Å². The van der Waals surface area contributed by atoms with Gasteiger partial charge in [-0.25, -0.2) is 0 Å². The molecule has 0 N–H and O–H groups in total. The van der Waals surface area contributed by atoms with Crippen LogP contribution in [0.2, 0.25) is 0 Å². The molecule has 140 valence electrons. The summed E-state index contributed by atoms with van der Waals surface area (Å²) < 4.78 is 12.6. The van der Waals surface area contributed by atoms with Crippen LogP contribution in [0, 0.1) is 23.2 Å². The van der Waals surface area contributed by atoms with E-state index in [1.807, 2.05) is 0 Å². The number of hydrogen-bond donors (Lipinski definition) is 0. The second kappa shape index (κ2) is 7.70. The fourth-order valence-electron chi connectivity index (χ4n) is 4.49. The molecule has 0 saturated heterocycles. The first-order chi connectivity index (χ1) is 11.9. The van der Waals surface area contributed by atoms with Gasteiger partial charge in [0.25, 0.3) is 0 Å². The molecule has 5 atom stereocenters. The van der Waals surface area contributed by atoms with E-state index in [1.165, 1.54) is 31.2 Å². The first-order valence-electron chi connectivity index (χ1n) is 10.2. The lowest BCUT2D eigenvalue weighted by atomic mass is 9.89. The molecule has 0 amide bonds. The second-order valence-corrected chi connectivity index (χ2v) is 9.46. The smallest absolute Gasteiger partial charge is 0.204 e. The summed E-state index contributed by atoms with van der Waals surface area (Å²) in [6.07, 6.45) is 6.63. The quantitative estimate of drug-likeness (QED) is 0.532. The van der Waals surface area contributed by atoms with E-state index in [0.717, 1.165) is 36.5 Å². The molecule has 2 heteroatoms. The minimum absolute atomic E-state index is 0.0347. The van der Waals surface area contributed by atoms with Crippen LogP contribution in [0.25, 0.3) is 0 Å². The van der Waals surface area contributed by atoms with Crippen molar-refractivity contribution in [2.45, 2.75) is 78.9 Å². The van der Waals surface area contributed by atoms with Crippen molar-refractivity contribution in [3.8, 4) is 5.75 Å². The molecule has 0 radical (unpaired) electrons. The standard InChI is InChI=1S/C23H36O2/c1-6-16(2)18-9-11-21(12-10-18)25-22(23(3,4)5)24-15-20-14-17-7-8-19(20)13-17/h9-12,16-17,19-20,22H,6-8,13-15H2,1-5H3. The average molecular weight is 345 g/mol. The topological polar surface area (TPSA) is 18.5 Å². The zero-order chi connectivity index (χ0) is 18.0. The van der Waals surface area contributed by atoms with Crippen molar-refractivity contribution in [1.29, 1.82) is 0 Å². The van der Waals surface area contributed by atoms with E-state index in [4.69, 9.17) is 9.47 Å². The molecule has 5 unspecified atom stereocenters. The van der Waals surface area contributed by atoms with Crippen molar-refractivity contribution in [1.82, 2.24) is 0 Å². The van der Waals surface area contributed by atoms with E-state index in [0.29, 0.717) is 5.92 Å². The predicted molar refractivity (Wildman–Crippen MR) is 104 cm³/mol. The molecule has 2 saturated carbocycles. The Hall–Kier alpha value is -1.02. The molecule has 0 aliphatic heterocycles. The Kier molecular flexibility index (Phi) is 5.78. The summed E-state index contributed by atoms with van der Waals surface area (Å²) in [5, 5.41) is 0. The molecule has 0 heterocycles. The molecular formula is C23H36O2. The fraction of sp³-hybridized carbons (Fsp3) is 0.739. The molecule has 2 aliphatic rings. The van der Waals surface area contributed by atoms with Gasteiger partial charge in [-0.1, -0.05) is 53.2 Å². The maximum atomic E-state index is 6.32. The maximum absolute atomic E-state index is 6.32. The Morgan fingerprint density at radius 2 is 1.80 bits per heavy atom. The zero-order valence-corrected chi connectivity index (χ0v) is 16.8. The summed E-state index contributed by atoms with van der Waals surface area (Å²) in [5.74, 6) is 4.14. The largest absolute Gasteiger partial charge is 0.464 e. The summed E-state index contributed by atoms with van der Waals surface area (Å²) in [6, 6.07) is 8.58. The van der Waals surface area contributed by atoms with Crippen LogP contribution in [0.5, 0.6) is 5.75 Å². The van der Waals surface area contributed by atoms with E-state index in [2.05, 4.69) is 58.9 Å². The molecular weight excluding hydrogens is 308 g/mol. The summed E-state index contributed by atoms with van der Waals surface area (Å²) in [4.78, 5) is 0. The molecule has 2 fully saturated rings. The minimum Gasteiger partial charge on any atom is -0.464 e. The SMILES string of the molecule is CCC(C)c1ccc(OC(OCC2CC3CCC2C3)C(C)(C)C)cc1. The van der Waals surface area contributed by atoms with E-state index in [9.17, 15) is 0 Å². The molecule has 1 aromatic carbocycles. The van der Waals surface area contributed by atoms with Crippen LogP contribution >= 0.6 is 0 Å². The highest BCUT2D eigenvalue weighted by Gasteiger charge is 2.40. The van der Waals surface area contributed by atoms with Crippen LogP contribution in [0.4, 0.5) is 0 Å². The van der Waals surface area contributed by atoms with Crippen LogP contribution in [0.1, 0.15) is 78.2 Å². The Balaban J connectivity index is 1.59. The van der Waals surface area contributed by atoms with Crippen molar-refractivity contribution in [3.63, 3.8) is 0 Å². The Labute approximate surface area is 154 Å². The van der Waals surface area contributed by atoms with Gasteiger partial charge in [0.05, 0.1) is 6.61 Å². The highest BCUT2D eigenvalue weighted by molar-refractivity contribution is 5.29. The van der Waals surface area contributed by atoms with Gasteiger partial charge < -0.3 is 9.47 Å². The second-order valence-electron chi connectivity index (χ2n) is 9.46. The van der Waals surface area contributed by atoms with E-state index >= 15 is 0 Å². The molecule has 0 spiro atoms. The van der Waals surface area contributed by atoms with Crippen LogP contribution in [-0.4, -0.2) is 12.9 Å². The molecule has 0 aromatic heterocycles. The van der Waals surface area contributed by atoms with Gasteiger partial charge >= 0.3 is 0 Å². The first-order valence-corrected chi connectivity index (χ1v) is 10.2. The lowest BCUT2D eigenvalue weighted by molar-refractivity contribution is -0.152. The average Bonchev–Trinajstić information content (AvgIpc) is 3.20. The molecule has 1 aromatic rings. The maximum Gasteiger partial charge on any atom is 0.204 e. The molecule has 25 heavy (non-hydrogen) atoms.